The van der Waals surface area contributed by atoms with E-state index in [0.29, 0.717) is 11.6 Å². The van der Waals surface area contributed by atoms with Crippen LogP contribution in [0.5, 0.6) is 0 Å². The number of Topliss-reactive ketones (excluding diaryl/α,β-unsaturated/α-hetero) is 1. The Balaban J connectivity index is 1.60. The number of rotatable bonds is 5. The van der Waals surface area contributed by atoms with Crippen molar-refractivity contribution in [3.8, 4) is 16.9 Å². The molecule has 0 spiro atoms. The molecule has 1 aliphatic carbocycles. The molecule has 0 aliphatic heterocycles. The molecule has 1 fully saturated rings. The van der Waals surface area contributed by atoms with Crippen LogP contribution in [0.4, 0.5) is 0 Å². The molecule has 0 radical (unpaired) electrons. The quantitative estimate of drug-likeness (QED) is 0.401. The van der Waals surface area contributed by atoms with Crippen molar-refractivity contribution in [2.75, 3.05) is 0 Å². The average Bonchev–Trinajstić information content (AvgIpc) is 3.52. The second kappa shape index (κ2) is 7.56. The average molecular weight is 399 g/mol. The van der Waals surface area contributed by atoms with Crippen molar-refractivity contribution in [1.82, 2.24) is 19.6 Å². The van der Waals surface area contributed by atoms with Gasteiger partial charge in [0.1, 0.15) is 0 Å². The van der Waals surface area contributed by atoms with Crippen LogP contribution < -0.4 is 0 Å². The standard InChI is InChI=1S/C25H26N4O/c1-3-23-22-13-10-19(16-25(22)29(27-23)20-6-4-5-7-20)24-14-15-26-28(24)21-11-8-18(9-12-21)17(2)30/h8-16,20H,3-7H2,1-2H3. The van der Waals surface area contributed by atoms with E-state index in [2.05, 4.69) is 34.9 Å². The Bertz CT molecular complexity index is 1210. The Morgan fingerprint density at radius 2 is 1.83 bits per heavy atom. The fourth-order valence-corrected chi connectivity index (χ4v) is 4.62. The summed E-state index contributed by atoms with van der Waals surface area (Å²) in [5.74, 6) is 0.0691. The third-order valence-corrected chi connectivity index (χ3v) is 6.25. The van der Waals surface area contributed by atoms with Crippen molar-refractivity contribution in [2.24, 2.45) is 0 Å². The van der Waals surface area contributed by atoms with E-state index in [1.807, 2.05) is 41.2 Å². The van der Waals surface area contributed by atoms with Gasteiger partial charge >= 0.3 is 0 Å². The summed E-state index contributed by atoms with van der Waals surface area (Å²) in [6, 6.07) is 16.8. The lowest BCUT2D eigenvalue weighted by Crippen LogP contribution is -2.06. The van der Waals surface area contributed by atoms with Gasteiger partial charge in [-0.2, -0.15) is 10.2 Å². The number of hydrogen-bond donors (Lipinski definition) is 0. The molecule has 30 heavy (non-hydrogen) atoms. The summed E-state index contributed by atoms with van der Waals surface area (Å²) in [6.45, 7) is 3.76. The minimum absolute atomic E-state index is 0.0691. The zero-order valence-electron chi connectivity index (χ0n) is 17.5. The fraction of sp³-hybridized carbons (Fsp3) is 0.320. The van der Waals surface area contributed by atoms with E-state index in [1.165, 1.54) is 42.3 Å². The maximum Gasteiger partial charge on any atom is 0.159 e. The van der Waals surface area contributed by atoms with E-state index in [4.69, 9.17) is 5.10 Å². The Hall–Kier alpha value is -3.21. The molecule has 0 saturated heterocycles. The highest BCUT2D eigenvalue weighted by Crippen LogP contribution is 2.35. The molecule has 152 valence electrons. The number of benzene rings is 2. The first-order chi connectivity index (χ1) is 14.7. The van der Waals surface area contributed by atoms with Crippen LogP contribution in [0, 0.1) is 0 Å². The van der Waals surface area contributed by atoms with E-state index in [0.717, 1.165) is 23.4 Å². The number of fused-ring (bicyclic) bond motifs is 1. The lowest BCUT2D eigenvalue weighted by Gasteiger charge is -2.12. The summed E-state index contributed by atoms with van der Waals surface area (Å²) in [7, 11) is 0. The van der Waals surface area contributed by atoms with Gasteiger partial charge in [-0.3, -0.25) is 9.48 Å². The molecule has 5 nitrogen and oxygen atoms in total. The van der Waals surface area contributed by atoms with Crippen LogP contribution in [0.25, 0.3) is 27.8 Å². The molecule has 2 aromatic carbocycles. The highest BCUT2D eigenvalue weighted by atomic mass is 16.1. The topological polar surface area (TPSA) is 52.7 Å². The van der Waals surface area contributed by atoms with Crippen molar-refractivity contribution in [1.29, 1.82) is 0 Å². The first-order valence-corrected chi connectivity index (χ1v) is 10.8. The van der Waals surface area contributed by atoms with Crippen LogP contribution in [-0.2, 0) is 6.42 Å². The monoisotopic (exact) mass is 398 g/mol. The fourth-order valence-electron chi connectivity index (χ4n) is 4.62. The predicted octanol–water partition coefficient (Wildman–Crippen LogP) is 5.77. The van der Waals surface area contributed by atoms with Crippen molar-refractivity contribution < 1.29 is 4.79 Å². The van der Waals surface area contributed by atoms with E-state index in [1.54, 1.807) is 6.92 Å². The molecule has 1 saturated carbocycles. The Morgan fingerprint density at radius 1 is 1.07 bits per heavy atom. The van der Waals surface area contributed by atoms with Gasteiger partial charge in [-0.1, -0.05) is 31.9 Å². The molecule has 2 aromatic heterocycles. The Kier molecular flexibility index (Phi) is 4.74. The first-order valence-electron chi connectivity index (χ1n) is 10.8. The molecule has 5 heteroatoms. The van der Waals surface area contributed by atoms with E-state index in [9.17, 15) is 4.79 Å². The van der Waals surface area contributed by atoms with Crippen molar-refractivity contribution in [2.45, 2.75) is 52.0 Å². The van der Waals surface area contributed by atoms with Gasteiger partial charge in [0.05, 0.1) is 34.8 Å². The molecular formula is C25H26N4O. The summed E-state index contributed by atoms with van der Waals surface area (Å²) in [5.41, 5.74) is 6.20. The van der Waals surface area contributed by atoms with Crippen molar-refractivity contribution in [3.05, 3.63) is 66.0 Å². The van der Waals surface area contributed by atoms with E-state index >= 15 is 0 Å². The van der Waals surface area contributed by atoms with Gasteiger partial charge in [0.15, 0.2) is 5.78 Å². The first kappa shape index (κ1) is 18.8. The summed E-state index contributed by atoms with van der Waals surface area (Å²) in [4.78, 5) is 11.6. The molecule has 0 bridgehead atoms. The lowest BCUT2D eigenvalue weighted by atomic mass is 10.1. The van der Waals surface area contributed by atoms with Crippen LogP contribution in [0.3, 0.4) is 0 Å². The molecule has 1 aliphatic rings. The number of ketones is 1. The van der Waals surface area contributed by atoms with Gasteiger partial charge in [0.25, 0.3) is 0 Å². The molecule has 0 amide bonds. The zero-order valence-corrected chi connectivity index (χ0v) is 17.5. The number of hydrogen-bond acceptors (Lipinski definition) is 3. The third-order valence-electron chi connectivity index (χ3n) is 6.25. The van der Waals surface area contributed by atoms with Crippen LogP contribution in [0.2, 0.25) is 0 Å². The minimum Gasteiger partial charge on any atom is -0.295 e. The number of carbonyl (C=O) groups excluding carboxylic acids is 1. The van der Waals surface area contributed by atoms with Crippen LogP contribution in [0.15, 0.2) is 54.7 Å². The second-order valence-electron chi connectivity index (χ2n) is 8.15. The second-order valence-corrected chi connectivity index (χ2v) is 8.15. The van der Waals surface area contributed by atoms with Gasteiger partial charge in [-0.05, 0) is 62.6 Å². The summed E-state index contributed by atoms with van der Waals surface area (Å²) >= 11 is 0. The number of carbonyl (C=O) groups is 1. The van der Waals surface area contributed by atoms with Crippen molar-refractivity contribution >= 4 is 16.7 Å². The molecule has 2 heterocycles. The third kappa shape index (κ3) is 3.15. The van der Waals surface area contributed by atoms with Gasteiger partial charge < -0.3 is 0 Å². The molecule has 0 N–H and O–H groups in total. The van der Waals surface area contributed by atoms with Gasteiger partial charge in [-0.15, -0.1) is 0 Å². The van der Waals surface area contributed by atoms with Gasteiger partial charge in [0.2, 0.25) is 0 Å². The van der Waals surface area contributed by atoms with Crippen LogP contribution in [-0.4, -0.2) is 25.3 Å². The summed E-state index contributed by atoms with van der Waals surface area (Å²) in [5, 5.41) is 10.8. The Morgan fingerprint density at radius 3 is 2.53 bits per heavy atom. The molecule has 0 atom stereocenters. The largest absolute Gasteiger partial charge is 0.295 e. The smallest absolute Gasteiger partial charge is 0.159 e. The lowest BCUT2D eigenvalue weighted by molar-refractivity contribution is 0.101. The highest BCUT2D eigenvalue weighted by molar-refractivity contribution is 5.94. The van der Waals surface area contributed by atoms with Crippen LogP contribution in [0.1, 0.15) is 61.6 Å². The normalized spacial score (nSPS) is 14.6. The molecule has 5 rings (SSSR count). The number of aryl methyl sites for hydroxylation is 1. The minimum atomic E-state index is 0.0691. The van der Waals surface area contributed by atoms with Crippen LogP contribution >= 0.6 is 0 Å². The highest BCUT2D eigenvalue weighted by Gasteiger charge is 2.22. The predicted molar refractivity (Wildman–Crippen MR) is 119 cm³/mol. The Labute approximate surface area is 176 Å². The number of nitrogens with zero attached hydrogens (tertiary/aromatic N) is 4. The van der Waals surface area contributed by atoms with Gasteiger partial charge in [-0.25, -0.2) is 4.68 Å². The van der Waals surface area contributed by atoms with E-state index < -0.39 is 0 Å². The molecular weight excluding hydrogens is 372 g/mol. The maximum absolute atomic E-state index is 11.6. The van der Waals surface area contributed by atoms with Gasteiger partial charge in [0, 0.05) is 16.5 Å². The van der Waals surface area contributed by atoms with Crippen molar-refractivity contribution in [3.63, 3.8) is 0 Å². The molecule has 4 aromatic rings. The molecule has 0 unspecified atom stereocenters. The maximum atomic E-state index is 11.6. The summed E-state index contributed by atoms with van der Waals surface area (Å²) in [6.07, 6.45) is 7.77. The zero-order chi connectivity index (χ0) is 20.7. The number of aromatic nitrogens is 4. The SMILES string of the molecule is CCc1nn(C2CCCC2)c2cc(-c3ccnn3-c3ccc(C(C)=O)cc3)ccc12. The summed E-state index contributed by atoms with van der Waals surface area (Å²) < 4.78 is 4.20. The van der Waals surface area contributed by atoms with E-state index in [-0.39, 0.29) is 5.78 Å².